The van der Waals surface area contributed by atoms with Crippen molar-refractivity contribution < 1.29 is 12.8 Å². The van der Waals surface area contributed by atoms with Gasteiger partial charge in [-0.3, -0.25) is 0 Å². The molecule has 0 spiro atoms. The second-order valence-corrected chi connectivity index (χ2v) is 8.29. The van der Waals surface area contributed by atoms with E-state index in [2.05, 4.69) is 4.90 Å². The monoisotopic (exact) mass is 362 g/mol. The van der Waals surface area contributed by atoms with Crippen LogP contribution in [-0.4, -0.2) is 50.3 Å². The molecule has 0 N–H and O–H groups in total. The van der Waals surface area contributed by atoms with Gasteiger partial charge in [0.2, 0.25) is 10.0 Å². The van der Waals surface area contributed by atoms with Crippen molar-refractivity contribution in [2.45, 2.75) is 12.2 Å². The highest BCUT2D eigenvalue weighted by molar-refractivity contribution is 7.88. The summed E-state index contributed by atoms with van der Waals surface area (Å²) in [5.41, 5.74) is 1.52. The van der Waals surface area contributed by atoms with E-state index in [1.807, 2.05) is 36.4 Å². The van der Waals surface area contributed by atoms with Gasteiger partial charge in [0.1, 0.15) is 5.82 Å². The Morgan fingerprint density at radius 3 is 2.20 bits per heavy atom. The third-order valence-electron chi connectivity index (χ3n) is 4.57. The Balaban J connectivity index is 1.50. The van der Waals surface area contributed by atoms with Crippen molar-refractivity contribution >= 4 is 10.0 Å². The van der Waals surface area contributed by atoms with Gasteiger partial charge in [-0.05, 0) is 23.6 Å². The smallest absolute Gasteiger partial charge is 0.218 e. The van der Waals surface area contributed by atoms with Crippen LogP contribution in [0.25, 0.3) is 0 Å². The van der Waals surface area contributed by atoms with Crippen LogP contribution in [0.5, 0.6) is 0 Å². The molecule has 1 aliphatic rings. The molecule has 0 amide bonds. The quantitative estimate of drug-likeness (QED) is 0.793. The van der Waals surface area contributed by atoms with Gasteiger partial charge < -0.3 is 4.90 Å². The van der Waals surface area contributed by atoms with Crippen LogP contribution in [0, 0.1) is 5.82 Å². The maximum Gasteiger partial charge on any atom is 0.218 e. The summed E-state index contributed by atoms with van der Waals surface area (Å²) in [6.07, 6.45) is 0.642. The van der Waals surface area contributed by atoms with Crippen LogP contribution >= 0.6 is 0 Å². The molecule has 1 heterocycles. The molecular formula is C19H23FN2O2S. The second kappa shape index (κ2) is 8.08. The number of benzene rings is 2. The normalized spacial score (nSPS) is 16.8. The van der Waals surface area contributed by atoms with E-state index in [0.29, 0.717) is 38.2 Å². The van der Waals surface area contributed by atoms with E-state index >= 15 is 0 Å². The SMILES string of the molecule is O=S(=O)(Cc1ccccc1)N1CCN(CCc2ccccc2F)CC1. The minimum Gasteiger partial charge on any atom is -0.300 e. The maximum absolute atomic E-state index is 13.7. The Bertz CT molecular complexity index is 788. The Labute approximate surface area is 148 Å². The number of hydrogen-bond acceptors (Lipinski definition) is 3. The van der Waals surface area contributed by atoms with Crippen molar-refractivity contribution in [1.82, 2.24) is 9.21 Å². The fourth-order valence-electron chi connectivity index (χ4n) is 3.09. The number of rotatable bonds is 6. The molecule has 25 heavy (non-hydrogen) atoms. The molecule has 0 atom stereocenters. The molecule has 0 unspecified atom stereocenters. The molecule has 1 aliphatic heterocycles. The van der Waals surface area contributed by atoms with Crippen molar-refractivity contribution in [3.8, 4) is 0 Å². The molecule has 0 radical (unpaired) electrons. The summed E-state index contributed by atoms with van der Waals surface area (Å²) in [5, 5.41) is 0. The summed E-state index contributed by atoms with van der Waals surface area (Å²) in [6.45, 7) is 3.09. The van der Waals surface area contributed by atoms with Gasteiger partial charge in [0.05, 0.1) is 5.75 Å². The molecule has 4 nitrogen and oxygen atoms in total. The van der Waals surface area contributed by atoms with Crippen molar-refractivity contribution in [3.05, 3.63) is 71.5 Å². The van der Waals surface area contributed by atoms with E-state index in [1.165, 1.54) is 6.07 Å². The largest absolute Gasteiger partial charge is 0.300 e. The van der Waals surface area contributed by atoms with Crippen LogP contribution in [0.2, 0.25) is 0 Å². The van der Waals surface area contributed by atoms with Gasteiger partial charge in [-0.1, -0.05) is 48.5 Å². The molecule has 2 aromatic rings. The molecule has 0 aromatic heterocycles. The van der Waals surface area contributed by atoms with E-state index < -0.39 is 10.0 Å². The molecule has 1 fully saturated rings. The summed E-state index contributed by atoms with van der Waals surface area (Å²) in [4.78, 5) is 2.20. The lowest BCUT2D eigenvalue weighted by Crippen LogP contribution is -2.49. The highest BCUT2D eigenvalue weighted by Crippen LogP contribution is 2.14. The van der Waals surface area contributed by atoms with Gasteiger partial charge in [0.25, 0.3) is 0 Å². The topological polar surface area (TPSA) is 40.6 Å². The summed E-state index contributed by atoms with van der Waals surface area (Å²) in [5.74, 6) is -0.130. The zero-order chi connectivity index (χ0) is 17.7. The van der Waals surface area contributed by atoms with Crippen LogP contribution in [-0.2, 0) is 22.2 Å². The lowest BCUT2D eigenvalue weighted by atomic mass is 10.1. The zero-order valence-corrected chi connectivity index (χ0v) is 15.0. The van der Waals surface area contributed by atoms with E-state index in [1.54, 1.807) is 16.4 Å². The van der Waals surface area contributed by atoms with Crippen molar-refractivity contribution in [1.29, 1.82) is 0 Å². The van der Waals surface area contributed by atoms with Crippen LogP contribution in [0.4, 0.5) is 4.39 Å². The average Bonchev–Trinajstić information content (AvgIpc) is 2.62. The summed E-state index contributed by atoms with van der Waals surface area (Å²) in [6, 6.07) is 16.1. The summed E-state index contributed by atoms with van der Waals surface area (Å²) < 4.78 is 40.3. The standard InChI is InChI=1S/C19H23FN2O2S/c20-19-9-5-4-8-18(19)10-11-21-12-14-22(15-13-21)25(23,24)16-17-6-2-1-3-7-17/h1-9H,10-16H2. The third-order valence-corrected chi connectivity index (χ3v) is 6.42. The fourth-order valence-corrected chi connectivity index (χ4v) is 4.60. The van der Waals surface area contributed by atoms with Crippen molar-refractivity contribution in [2.24, 2.45) is 0 Å². The molecule has 0 aliphatic carbocycles. The fraction of sp³-hybridized carbons (Fsp3) is 0.368. The second-order valence-electron chi connectivity index (χ2n) is 6.32. The molecule has 3 rings (SSSR count). The van der Waals surface area contributed by atoms with Gasteiger partial charge in [-0.25, -0.2) is 12.8 Å². The summed E-state index contributed by atoms with van der Waals surface area (Å²) >= 11 is 0. The lowest BCUT2D eigenvalue weighted by molar-refractivity contribution is 0.189. The van der Waals surface area contributed by atoms with Gasteiger partial charge >= 0.3 is 0 Å². The van der Waals surface area contributed by atoms with E-state index in [9.17, 15) is 12.8 Å². The van der Waals surface area contributed by atoms with Gasteiger partial charge in [-0.2, -0.15) is 4.31 Å². The molecule has 2 aromatic carbocycles. The first-order valence-corrected chi connectivity index (χ1v) is 10.1. The average molecular weight is 362 g/mol. The van der Waals surface area contributed by atoms with E-state index in [-0.39, 0.29) is 11.6 Å². The zero-order valence-electron chi connectivity index (χ0n) is 14.1. The molecule has 0 saturated carbocycles. The Kier molecular flexibility index (Phi) is 5.83. The molecular weight excluding hydrogens is 339 g/mol. The van der Waals surface area contributed by atoms with Crippen LogP contribution in [0.1, 0.15) is 11.1 Å². The Hall–Kier alpha value is -1.76. The minimum absolute atomic E-state index is 0.0447. The summed E-state index contributed by atoms with van der Waals surface area (Å²) in [7, 11) is -3.29. The lowest BCUT2D eigenvalue weighted by Gasteiger charge is -2.34. The third kappa shape index (κ3) is 4.87. The number of piperazine rings is 1. The van der Waals surface area contributed by atoms with E-state index in [4.69, 9.17) is 0 Å². The first-order chi connectivity index (χ1) is 12.0. The first-order valence-electron chi connectivity index (χ1n) is 8.52. The van der Waals surface area contributed by atoms with Gasteiger partial charge in [-0.15, -0.1) is 0 Å². The Morgan fingerprint density at radius 2 is 1.52 bits per heavy atom. The maximum atomic E-state index is 13.7. The van der Waals surface area contributed by atoms with Crippen molar-refractivity contribution in [2.75, 3.05) is 32.7 Å². The van der Waals surface area contributed by atoms with Gasteiger partial charge in [0.15, 0.2) is 0 Å². The van der Waals surface area contributed by atoms with Gasteiger partial charge in [0, 0.05) is 32.7 Å². The van der Waals surface area contributed by atoms with E-state index in [0.717, 1.165) is 12.1 Å². The van der Waals surface area contributed by atoms with Crippen LogP contribution in [0.15, 0.2) is 54.6 Å². The number of halogens is 1. The Morgan fingerprint density at radius 1 is 0.880 bits per heavy atom. The highest BCUT2D eigenvalue weighted by Gasteiger charge is 2.26. The number of hydrogen-bond donors (Lipinski definition) is 0. The predicted molar refractivity (Wildman–Crippen MR) is 97.2 cm³/mol. The first kappa shape index (κ1) is 18.0. The predicted octanol–water partition coefficient (Wildman–Crippen LogP) is 2.52. The molecule has 1 saturated heterocycles. The molecule has 6 heteroatoms. The molecule has 0 bridgehead atoms. The van der Waals surface area contributed by atoms with Crippen molar-refractivity contribution in [3.63, 3.8) is 0 Å². The minimum atomic E-state index is -3.29. The van der Waals surface area contributed by atoms with Crippen LogP contribution in [0.3, 0.4) is 0 Å². The molecule has 134 valence electrons. The highest BCUT2D eigenvalue weighted by atomic mass is 32.2. The number of sulfonamides is 1. The number of nitrogens with zero attached hydrogens (tertiary/aromatic N) is 2. The van der Waals surface area contributed by atoms with Crippen LogP contribution < -0.4 is 0 Å².